The van der Waals surface area contributed by atoms with Crippen LogP contribution < -0.4 is 9.47 Å². The zero-order valence-corrected chi connectivity index (χ0v) is 17.0. The summed E-state index contributed by atoms with van der Waals surface area (Å²) in [6, 6.07) is 8.90. The number of ether oxygens (including phenoxy) is 2. The second kappa shape index (κ2) is 8.36. The second-order valence-electron chi connectivity index (χ2n) is 5.96. The van der Waals surface area contributed by atoms with Gasteiger partial charge in [-0.05, 0) is 17.7 Å². The number of thiazole rings is 2. The minimum absolute atomic E-state index is 0.0470. The lowest BCUT2D eigenvalue weighted by Gasteiger charge is -2.09. The zero-order chi connectivity index (χ0) is 21.1. The maximum absolute atomic E-state index is 12.9. The predicted octanol–water partition coefficient (Wildman–Crippen LogP) is 5.33. The quantitative estimate of drug-likeness (QED) is 0.396. The topological polar surface area (TPSA) is 70.0 Å². The summed E-state index contributed by atoms with van der Waals surface area (Å²) < 4.78 is 49.7. The summed E-state index contributed by atoms with van der Waals surface area (Å²) in [4.78, 5) is 16.4. The molecule has 3 aromatic heterocycles. The Morgan fingerprint density at radius 2 is 1.80 bits per heavy atom. The highest BCUT2D eigenvalue weighted by Crippen LogP contribution is 2.34. The standard InChI is InChI=1S/C19H13F3N4O2S2/c1-27-12-4-2-11(3-5-12)7-28-16-6-13(14-8-29-10-23-14)24-17(26-16)18-25-15(9-30-18)19(20,21)22/h2-6,8-10H,7H2,1H3. The molecule has 0 bridgehead atoms. The Kier molecular flexibility index (Phi) is 5.64. The van der Waals surface area contributed by atoms with Gasteiger partial charge in [0.2, 0.25) is 5.88 Å². The van der Waals surface area contributed by atoms with Gasteiger partial charge in [0.1, 0.15) is 12.4 Å². The van der Waals surface area contributed by atoms with Gasteiger partial charge in [-0.25, -0.2) is 15.0 Å². The smallest absolute Gasteiger partial charge is 0.434 e. The summed E-state index contributed by atoms with van der Waals surface area (Å²) in [6.45, 7) is 0.211. The summed E-state index contributed by atoms with van der Waals surface area (Å²) in [5.41, 5.74) is 2.55. The molecular weight excluding hydrogens is 437 g/mol. The van der Waals surface area contributed by atoms with Crippen molar-refractivity contribution in [1.29, 1.82) is 0 Å². The van der Waals surface area contributed by atoms with Crippen LogP contribution in [-0.4, -0.2) is 27.0 Å². The molecular formula is C19H13F3N4O2S2. The van der Waals surface area contributed by atoms with E-state index in [0.717, 1.165) is 28.0 Å². The van der Waals surface area contributed by atoms with Crippen LogP contribution in [0.3, 0.4) is 0 Å². The van der Waals surface area contributed by atoms with Crippen LogP contribution in [-0.2, 0) is 12.8 Å². The molecule has 4 aromatic rings. The summed E-state index contributed by atoms with van der Waals surface area (Å²) in [5.74, 6) is 0.978. The molecule has 0 saturated carbocycles. The van der Waals surface area contributed by atoms with Crippen LogP contribution in [0.2, 0.25) is 0 Å². The Morgan fingerprint density at radius 1 is 1.00 bits per heavy atom. The third-order valence-electron chi connectivity index (χ3n) is 3.93. The van der Waals surface area contributed by atoms with E-state index in [4.69, 9.17) is 9.47 Å². The van der Waals surface area contributed by atoms with E-state index in [1.54, 1.807) is 36.2 Å². The van der Waals surface area contributed by atoms with Crippen LogP contribution in [0.4, 0.5) is 13.2 Å². The minimum atomic E-state index is -4.53. The molecule has 3 heterocycles. The van der Waals surface area contributed by atoms with Gasteiger partial charge in [0, 0.05) is 16.8 Å². The van der Waals surface area contributed by atoms with Crippen LogP contribution >= 0.6 is 22.7 Å². The van der Waals surface area contributed by atoms with Crippen molar-refractivity contribution >= 4 is 22.7 Å². The maximum atomic E-state index is 12.9. The van der Waals surface area contributed by atoms with Crippen molar-refractivity contribution in [3.63, 3.8) is 0 Å². The van der Waals surface area contributed by atoms with E-state index in [1.165, 1.54) is 11.3 Å². The van der Waals surface area contributed by atoms with Crippen LogP contribution in [0.25, 0.3) is 22.2 Å². The van der Waals surface area contributed by atoms with Gasteiger partial charge >= 0.3 is 6.18 Å². The molecule has 154 valence electrons. The van der Waals surface area contributed by atoms with Crippen LogP contribution in [0, 0.1) is 0 Å². The van der Waals surface area contributed by atoms with Crippen molar-refractivity contribution in [2.75, 3.05) is 7.11 Å². The van der Waals surface area contributed by atoms with Crippen LogP contribution in [0.15, 0.2) is 46.6 Å². The third kappa shape index (κ3) is 4.57. The van der Waals surface area contributed by atoms with Crippen molar-refractivity contribution in [2.24, 2.45) is 0 Å². The number of hydrogen-bond acceptors (Lipinski definition) is 8. The van der Waals surface area contributed by atoms with Gasteiger partial charge < -0.3 is 9.47 Å². The van der Waals surface area contributed by atoms with Gasteiger partial charge in [-0.15, -0.1) is 22.7 Å². The first-order valence-electron chi connectivity index (χ1n) is 8.49. The van der Waals surface area contributed by atoms with Gasteiger partial charge in [0.25, 0.3) is 0 Å². The Balaban J connectivity index is 1.65. The summed E-state index contributed by atoms with van der Waals surface area (Å²) in [7, 11) is 1.58. The normalized spacial score (nSPS) is 11.5. The molecule has 0 aliphatic heterocycles. The lowest BCUT2D eigenvalue weighted by atomic mass is 10.2. The molecule has 0 amide bonds. The molecule has 0 spiro atoms. The highest BCUT2D eigenvalue weighted by atomic mass is 32.1. The number of rotatable bonds is 6. The van der Waals surface area contributed by atoms with E-state index in [1.807, 2.05) is 12.1 Å². The molecule has 0 aliphatic rings. The van der Waals surface area contributed by atoms with E-state index >= 15 is 0 Å². The number of nitrogens with zero attached hydrogens (tertiary/aromatic N) is 4. The lowest BCUT2D eigenvalue weighted by Crippen LogP contribution is -2.05. The molecule has 4 rings (SSSR count). The zero-order valence-electron chi connectivity index (χ0n) is 15.4. The number of methoxy groups -OCH3 is 1. The fraction of sp³-hybridized carbons (Fsp3) is 0.158. The summed E-state index contributed by atoms with van der Waals surface area (Å²) >= 11 is 2.20. The van der Waals surface area contributed by atoms with E-state index in [0.29, 0.717) is 11.4 Å². The average Bonchev–Trinajstić information content (AvgIpc) is 3.44. The first kappa shape index (κ1) is 20.2. The minimum Gasteiger partial charge on any atom is -0.497 e. The summed E-state index contributed by atoms with van der Waals surface area (Å²) in [6.07, 6.45) is -4.53. The fourth-order valence-corrected chi connectivity index (χ4v) is 3.75. The molecule has 0 atom stereocenters. The average molecular weight is 450 g/mol. The second-order valence-corrected chi connectivity index (χ2v) is 7.54. The highest BCUT2D eigenvalue weighted by molar-refractivity contribution is 7.13. The fourth-order valence-electron chi connectivity index (χ4n) is 2.45. The maximum Gasteiger partial charge on any atom is 0.434 e. The Bertz CT molecular complexity index is 1130. The van der Waals surface area contributed by atoms with Gasteiger partial charge in [-0.3, -0.25) is 0 Å². The lowest BCUT2D eigenvalue weighted by molar-refractivity contribution is -0.140. The number of halogens is 3. The van der Waals surface area contributed by atoms with Gasteiger partial charge in [0.05, 0.1) is 24.0 Å². The number of hydrogen-bond donors (Lipinski definition) is 0. The third-order valence-corrected chi connectivity index (χ3v) is 5.35. The Labute approximate surface area is 177 Å². The molecule has 1 aromatic carbocycles. The van der Waals surface area contributed by atoms with E-state index in [-0.39, 0.29) is 23.3 Å². The predicted molar refractivity (Wildman–Crippen MR) is 107 cm³/mol. The van der Waals surface area contributed by atoms with Crippen molar-refractivity contribution in [2.45, 2.75) is 12.8 Å². The van der Waals surface area contributed by atoms with E-state index < -0.39 is 11.9 Å². The molecule has 11 heteroatoms. The molecule has 0 unspecified atom stereocenters. The first-order chi connectivity index (χ1) is 14.4. The Hall–Kier alpha value is -3.05. The SMILES string of the molecule is COc1ccc(COc2cc(-c3cscn3)nc(-c3nc(C(F)(F)F)cs3)n2)cc1. The molecule has 6 nitrogen and oxygen atoms in total. The summed E-state index contributed by atoms with van der Waals surface area (Å²) in [5, 5.41) is 2.77. The molecule has 0 aliphatic carbocycles. The molecule has 0 N–H and O–H groups in total. The molecule has 0 saturated heterocycles. The van der Waals surface area contributed by atoms with Crippen molar-refractivity contribution in [1.82, 2.24) is 19.9 Å². The van der Waals surface area contributed by atoms with Gasteiger partial charge in [0.15, 0.2) is 16.5 Å². The first-order valence-corrected chi connectivity index (χ1v) is 10.3. The molecule has 30 heavy (non-hydrogen) atoms. The Morgan fingerprint density at radius 3 is 2.43 bits per heavy atom. The van der Waals surface area contributed by atoms with Gasteiger partial charge in [-0.2, -0.15) is 18.2 Å². The van der Waals surface area contributed by atoms with Crippen molar-refractivity contribution < 1.29 is 22.6 Å². The van der Waals surface area contributed by atoms with Crippen molar-refractivity contribution in [3.8, 4) is 33.8 Å². The number of alkyl halides is 3. The van der Waals surface area contributed by atoms with Crippen molar-refractivity contribution in [3.05, 3.63) is 57.9 Å². The highest BCUT2D eigenvalue weighted by Gasteiger charge is 2.34. The largest absolute Gasteiger partial charge is 0.497 e. The van der Waals surface area contributed by atoms with Gasteiger partial charge in [-0.1, -0.05) is 12.1 Å². The number of aromatic nitrogens is 4. The molecule has 0 radical (unpaired) electrons. The van der Waals surface area contributed by atoms with E-state index in [9.17, 15) is 13.2 Å². The van der Waals surface area contributed by atoms with E-state index in [2.05, 4.69) is 19.9 Å². The van der Waals surface area contributed by atoms with Crippen LogP contribution in [0.1, 0.15) is 11.3 Å². The van der Waals surface area contributed by atoms with Crippen LogP contribution in [0.5, 0.6) is 11.6 Å². The molecule has 0 fully saturated rings. The number of benzene rings is 1. The monoisotopic (exact) mass is 450 g/mol.